The minimum atomic E-state index is -4.29. The predicted octanol–water partition coefficient (Wildman–Crippen LogP) is 2.89. The van der Waals surface area contributed by atoms with Gasteiger partial charge in [-0.15, -0.1) is 0 Å². The molecule has 1 rings (SSSR count). The van der Waals surface area contributed by atoms with E-state index in [2.05, 4.69) is 25.9 Å². The molecule has 1 heterocycles. The fourth-order valence-corrected chi connectivity index (χ4v) is 1.59. The summed E-state index contributed by atoms with van der Waals surface area (Å²) in [5.74, 6) is 0.104. The molecule has 0 saturated heterocycles. The molecule has 0 N–H and O–H groups in total. The summed E-state index contributed by atoms with van der Waals surface area (Å²) < 4.78 is 36.5. The van der Waals surface area contributed by atoms with E-state index in [4.69, 9.17) is 11.6 Å². The Labute approximate surface area is 97.4 Å². The Morgan fingerprint density at radius 3 is 2.60 bits per heavy atom. The van der Waals surface area contributed by atoms with Gasteiger partial charge >= 0.3 is 6.18 Å². The van der Waals surface area contributed by atoms with Crippen LogP contribution >= 0.6 is 27.5 Å². The molecule has 0 fully saturated rings. The van der Waals surface area contributed by atoms with Crippen molar-refractivity contribution in [1.82, 2.24) is 9.97 Å². The maximum Gasteiger partial charge on any atom is 0.405 e. The molecule has 1 aromatic rings. The van der Waals surface area contributed by atoms with Gasteiger partial charge in [-0.3, -0.25) is 0 Å². The van der Waals surface area contributed by atoms with Crippen molar-refractivity contribution in [3.63, 3.8) is 0 Å². The lowest BCUT2D eigenvalue weighted by atomic mass is 10.5. The van der Waals surface area contributed by atoms with Gasteiger partial charge in [0.25, 0.3) is 0 Å². The SMILES string of the molecule is CN(CC(F)(F)F)c1ncnc(Cl)c1Br. The molecule has 0 spiro atoms. The van der Waals surface area contributed by atoms with Crippen molar-refractivity contribution in [3.8, 4) is 0 Å². The molecule has 0 unspecified atom stereocenters. The maximum absolute atomic E-state index is 12.1. The van der Waals surface area contributed by atoms with E-state index in [1.807, 2.05) is 0 Å². The van der Waals surface area contributed by atoms with Crippen LogP contribution in [0.4, 0.5) is 19.0 Å². The highest BCUT2D eigenvalue weighted by Crippen LogP contribution is 2.29. The zero-order valence-corrected chi connectivity index (χ0v) is 9.86. The first-order valence-electron chi connectivity index (χ1n) is 3.75. The fourth-order valence-electron chi connectivity index (χ4n) is 0.950. The van der Waals surface area contributed by atoms with E-state index in [9.17, 15) is 13.2 Å². The Kier molecular flexibility index (Phi) is 3.77. The number of halogens is 5. The lowest BCUT2D eigenvalue weighted by Gasteiger charge is -2.20. The third-order valence-corrected chi connectivity index (χ3v) is 2.75. The van der Waals surface area contributed by atoms with E-state index in [1.165, 1.54) is 7.05 Å². The van der Waals surface area contributed by atoms with Crippen molar-refractivity contribution in [2.75, 3.05) is 18.5 Å². The largest absolute Gasteiger partial charge is 0.405 e. The second kappa shape index (κ2) is 4.52. The quantitative estimate of drug-likeness (QED) is 0.787. The second-order valence-corrected chi connectivity index (χ2v) is 3.92. The number of nitrogens with zero attached hydrogens (tertiary/aromatic N) is 3. The van der Waals surface area contributed by atoms with Crippen molar-refractivity contribution < 1.29 is 13.2 Å². The standard InChI is InChI=1S/C7H6BrClF3N3/c1-15(2-7(10,11)12)6-4(8)5(9)13-3-14-6/h3H,2H2,1H3. The van der Waals surface area contributed by atoms with Crippen molar-refractivity contribution in [1.29, 1.82) is 0 Å². The minimum absolute atomic E-state index is 0.0778. The normalized spacial score (nSPS) is 11.6. The van der Waals surface area contributed by atoms with Gasteiger partial charge in [0.1, 0.15) is 23.8 Å². The molecule has 0 aromatic carbocycles. The van der Waals surface area contributed by atoms with Gasteiger partial charge < -0.3 is 4.90 Å². The number of alkyl halides is 3. The third-order valence-electron chi connectivity index (χ3n) is 1.51. The van der Waals surface area contributed by atoms with Crippen LogP contribution in [0.1, 0.15) is 0 Å². The van der Waals surface area contributed by atoms with E-state index >= 15 is 0 Å². The third kappa shape index (κ3) is 3.49. The lowest BCUT2D eigenvalue weighted by Crippen LogP contribution is -2.31. The van der Waals surface area contributed by atoms with Gasteiger partial charge in [-0.25, -0.2) is 9.97 Å². The second-order valence-electron chi connectivity index (χ2n) is 2.77. The van der Waals surface area contributed by atoms with Crippen LogP contribution in [0.2, 0.25) is 5.15 Å². The summed E-state index contributed by atoms with van der Waals surface area (Å²) >= 11 is 8.65. The summed E-state index contributed by atoms with van der Waals surface area (Å²) in [4.78, 5) is 8.27. The Hall–Kier alpha value is -0.560. The van der Waals surface area contributed by atoms with Crippen LogP contribution in [0.25, 0.3) is 0 Å². The Balaban J connectivity index is 2.92. The summed E-state index contributed by atoms with van der Waals surface area (Å²) in [5.41, 5.74) is 0. The molecule has 0 aliphatic rings. The highest BCUT2D eigenvalue weighted by molar-refractivity contribution is 9.10. The molecule has 1 aromatic heterocycles. The summed E-state index contributed by atoms with van der Waals surface area (Å²) in [6.45, 7) is -1.10. The Bertz CT molecular complexity index is 358. The molecule has 0 bridgehead atoms. The van der Waals surface area contributed by atoms with Gasteiger partial charge in [-0.05, 0) is 15.9 Å². The smallest absolute Gasteiger partial charge is 0.349 e. The molecule has 84 valence electrons. The highest BCUT2D eigenvalue weighted by atomic mass is 79.9. The fraction of sp³-hybridized carbons (Fsp3) is 0.429. The van der Waals surface area contributed by atoms with Crippen molar-refractivity contribution in [3.05, 3.63) is 16.0 Å². The molecule has 8 heteroatoms. The highest BCUT2D eigenvalue weighted by Gasteiger charge is 2.30. The van der Waals surface area contributed by atoms with E-state index in [0.29, 0.717) is 0 Å². The predicted molar refractivity (Wildman–Crippen MR) is 54.1 cm³/mol. The van der Waals surface area contributed by atoms with E-state index in [-0.39, 0.29) is 15.4 Å². The molecule has 0 aliphatic carbocycles. The molecule has 0 saturated carbocycles. The van der Waals surface area contributed by atoms with Gasteiger partial charge in [0, 0.05) is 7.05 Å². The molecule has 0 radical (unpaired) electrons. The van der Waals surface area contributed by atoms with Crippen molar-refractivity contribution in [2.45, 2.75) is 6.18 Å². The van der Waals surface area contributed by atoms with Crippen molar-refractivity contribution in [2.24, 2.45) is 0 Å². The lowest BCUT2D eigenvalue weighted by molar-refractivity contribution is -0.119. The van der Waals surface area contributed by atoms with Crippen LogP contribution < -0.4 is 4.90 Å². The van der Waals surface area contributed by atoms with Crippen molar-refractivity contribution >= 4 is 33.3 Å². The van der Waals surface area contributed by atoms with Crippen LogP contribution in [0.3, 0.4) is 0 Å². The molecule has 0 atom stereocenters. The zero-order valence-electron chi connectivity index (χ0n) is 7.52. The van der Waals surface area contributed by atoms with Crippen LogP contribution in [0.5, 0.6) is 0 Å². The number of rotatable bonds is 2. The van der Waals surface area contributed by atoms with Crippen LogP contribution in [0.15, 0.2) is 10.8 Å². The average Bonchev–Trinajstić information content (AvgIpc) is 2.06. The first-order valence-corrected chi connectivity index (χ1v) is 4.92. The van der Waals surface area contributed by atoms with Gasteiger partial charge in [-0.1, -0.05) is 11.6 Å². The van der Waals surface area contributed by atoms with Crippen LogP contribution in [-0.4, -0.2) is 29.7 Å². The Morgan fingerprint density at radius 1 is 1.47 bits per heavy atom. The summed E-state index contributed by atoms with van der Waals surface area (Å²) in [7, 11) is 1.27. The number of hydrogen-bond acceptors (Lipinski definition) is 3. The van der Waals surface area contributed by atoms with Gasteiger partial charge in [0.15, 0.2) is 0 Å². The van der Waals surface area contributed by atoms with Gasteiger partial charge in [0.05, 0.1) is 4.47 Å². The van der Waals surface area contributed by atoms with E-state index < -0.39 is 12.7 Å². The van der Waals surface area contributed by atoms with E-state index in [1.54, 1.807) is 0 Å². The first kappa shape index (κ1) is 12.5. The summed E-state index contributed by atoms with van der Waals surface area (Å²) in [5, 5.41) is 0.0778. The minimum Gasteiger partial charge on any atom is -0.349 e. The van der Waals surface area contributed by atoms with Gasteiger partial charge in [0.2, 0.25) is 0 Å². The molecule has 0 amide bonds. The number of aromatic nitrogens is 2. The molecule has 3 nitrogen and oxygen atoms in total. The number of anilines is 1. The molecule has 0 aliphatic heterocycles. The van der Waals surface area contributed by atoms with Crippen LogP contribution in [-0.2, 0) is 0 Å². The average molecular weight is 304 g/mol. The maximum atomic E-state index is 12.1. The zero-order chi connectivity index (χ0) is 11.6. The summed E-state index contributed by atoms with van der Waals surface area (Å²) in [6, 6.07) is 0. The molecule has 15 heavy (non-hydrogen) atoms. The Morgan fingerprint density at radius 2 is 2.07 bits per heavy atom. The molecular weight excluding hydrogens is 298 g/mol. The monoisotopic (exact) mass is 303 g/mol. The van der Waals surface area contributed by atoms with Crippen LogP contribution in [0, 0.1) is 0 Å². The number of hydrogen-bond donors (Lipinski definition) is 0. The summed E-state index contributed by atoms with van der Waals surface area (Å²) in [6.07, 6.45) is -3.18. The first-order chi connectivity index (χ1) is 6.81. The molecular formula is C7H6BrClF3N3. The van der Waals surface area contributed by atoms with E-state index in [0.717, 1.165) is 11.2 Å². The topological polar surface area (TPSA) is 29.0 Å². The van der Waals surface area contributed by atoms with Gasteiger partial charge in [-0.2, -0.15) is 13.2 Å².